The first-order chi connectivity index (χ1) is 10.1. The molecule has 1 heterocycles. The number of rotatable bonds is 7. The summed E-state index contributed by atoms with van der Waals surface area (Å²) in [6, 6.07) is 6.99. The molecule has 1 aliphatic rings. The number of hydrogen-bond donors (Lipinski definition) is 2. The summed E-state index contributed by atoms with van der Waals surface area (Å²) < 4.78 is 33.1. The van der Waals surface area contributed by atoms with E-state index in [1.54, 1.807) is 18.2 Å². The molecule has 1 aromatic carbocycles. The zero-order valence-electron chi connectivity index (χ0n) is 12.5. The van der Waals surface area contributed by atoms with Crippen molar-refractivity contribution in [2.24, 2.45) is 0 Å². The molecule has 2 N–H and O–H groups in total. The Morgan fingerprint density at radius 3 is 2.81 bits per heavy atom. The predicted molar refractivity (Wildman–Crippen MR) is 84.0 cm³/mol. The second-order valence-electron chi connectivity index (χ2n) is 5.26. The number of sulfonamides is 1. The van der Waals surface area contributed by atoms with Gasteiger partial charge in [0.1, 0.15) is 4.90 Å². The van der Waals surface area contributed by atoms with Crippen LogP contribution in [0.25, 0.3) is 0 Å². The first kappa shape index (κ1) is 16.3. The second-order valence-corrected chi connectivity index (χ2v) is 7.00. The Morgan fingerprint density at radius 2 is 2.10 bits per heavy atom. The Balaban J connectivity index is 2.04. The highest BCUT2D eigenvalue weighted by Gasteiger charge is 2.21. The molecule has 0 aromatic heterocycles. The van der Waals surface area contributed by atoms with E-state index in [1.807, 2.05) is 13.0 Å². The van der Waals surface area contributed by atoms with Crippen LogP contribution in [0.1, 0.15) is 32.6 Å². The van der Waals surface area contributed by atoms with Crippen LogP contribution in [0.3, 0.4) is 0 Å². The third-order valence-electron chi connectivity index (χ3n) is 3.52. The lowest BCUT2D eigenvalue weighted by Crippen LogP contribution is -2.35. The van der Waals surface area contributed by atoms with E-state index in [1.165, 1.54) is 0 Å². The van der Waals surface area contributed by atoms with Crippen LogP contribution in [0.4, 0.5) is 5.69 Å². The van der Waals surface area contributed by atoms with Gasteiger partial charge < -0.3 is 10.1 Å². The first-order valence-electron chi connectivity index (χ1n) is 7.57. The highest BCUT2D eigenvalue weighted by Crippen LogP contribution is 2.21. The van der Waals surface area contributed by atoms with Crippen LogP contribution < -0.4 is 10.0 Å². The third-order valence-corrected chi connectivity index (χ3v) is 5.00. The van der Waals surface area contributed by atoms with Crippen molar-refractivity contribution in [1.29, 1.82) is 0 Å². The van der Waals surface area contributed by atoms with Crippen LogP contribution in [0.5, 0.6) is 0 Å². The molecule has 0 aliphatic carbocycles. The van der Waals surface area contributed by atoms with Crippen molar-refractivity contribution in [3.63, 3.8) is 0 Å². The molecule has 1 atom stereocenters. The molecule has 1 fully saturated rings. The van der Waals surface area contributed by atoms with Crippen LogP contribution in [-0.2, 0) is 14.8 Å². The Morgan fingerprint density at radius 1 is 1.29 bits per heavy atom. The monoisotopic (exact) mass is 312 g/mol. The van der Waals surface area contributed by atoms with Crippen LogP contribution in [0, 0.1) is 0 Å². The van der Waals surface area contributed by atoms with Gasteiger partial charge in [-0.2, -0.15) is 0 Å². The Hall–Kier alpha value is -1.11. The molecule has 5 nitrogen and oxygen atoms in total. The lowest BCUT2D eigenvalue weighted by molar-refractivity contribution is 0.0200. The fourth-order valence-corrected chi connectivity index (χ4v) is 3.60. The smallest absolute Gasteiger partial charge is 0.242 e. The van der Waals surface area contributed by atoms with Gasteiger partial charge in [0.2, 0.25) is 10.0 Å². The standard InChI is InChI=1S/C15H24N2O3S/c1-2-10-16-14-8-3-4-9-15(14)21(18,19)17-12-13-7-5-6-11-20-13/h3-4,8-9,13,16-17H,2,5-7,10-12H2,1H3. The van der Waals surface area contributed by atoms with Gasteiger partial charge in [0, 0.05) is 19.7 Å². The molecule has 1 aromatic rings. The number of nitrogens with one attached hydrogen (secondary N) is 2. The summed E-state index contributed by atoms with van der Waals surface area (Å²) in [5.74, 6) is 0. The van der Waals surface area contributed by atoms with E-state index in [0.29, 0.717) is 17.1 Å². The van der Waals surface area contributed by atoms with Crippen molar-refractivity contribution in [2.75, 3.05) is 25.0 Å². The highest BCUT2D eigenvalue weighted by atomic mass is 32.2. The maximum Gasteiger partial charge on any atom is 0.242 e. The van der Waals surface area contributed by atoms with Gasteiger partial charge in [0.05, 0.1) is 11.8 Å². The van der Waals surface area contributed by atoms with Crippen LogP contribution in [0.2, 0.25) is 0 Å². The van der Waals surface area contributed by atoms with Crippen molar-refractivity contribution in [1.82, 2.24) is 4.72 Å². The van der Waals surface area contributed by atoms with Gasteiger partial charge >= 0.3 is 0 Å². The number of hydrogen-bond acceptors (Lipinski definition) is 4. The van der Waals surface area contributed by atoms with Gasteiger partial charge in [-0.1, -0.05) is 19.1 Å². The van der Waals surface area contributed by atoms with E-state index in [0.717, 1.165) is 38.8 Å². The molecule has 1 saturated heterocycles. The topological polar surface area (TPSA) is 67.4 Å². The van der Waals surface area contributed by atoms with Gasteiger partial charge in [-0.25, -0.2) is 13.1 Å². The van der Waals surface area contributed by atoms with E-state index in [2.05, 4.69) is 10.0 Å². The summed E-state index contributed by atoms with van der Waals surface area (Å²) in [6.45, 7) is 3.85. The van der Waals surface area contributed by atoms with Crippen molar-refractivity contribution in [3.8, 4) is 0 Å². The molecule has 2 rings (SSSR count). The fourth-order valence-electron chi connectivity index (χ4n) is 2.36. The summed E-state index contributed by atoms with van der Waals surface area (Å²) in [6.07, 6.45) is 4.01. The summed E-state index contributed by atoms with van der Waals surface area (Å²) >= 11 is 0. The van der Waals surface area contributed by atoms with E-state index in [4.69, 9.17) is 4.74 Å². The third kappa shape index (κ3) is 4.69. The van der Waals surface area contributed by atoms with E-state index < -0.39 is 10.0 Å². The Kier molecular flexibility index (Phi) is 6.02. The fraction of sp³-hybridized carbons (Fsp3) is 0.600. The summed E-state index contributed by atoms with van der Waals surface area (Å²) in [7, 11) is -3.51. The molecule has 1 aliphatic heterocycles. The van der Waals surface area contributed by atoms with Crippen molar-refractivity contribution in [2.45, 2.75) is 43.6 Å². The summed E-state index contributed by atoms with van der Waals surface area (Å²) in [5.41, 5.74) is 0.649. The van der Waals surface area contributed by atoms with Gasteiger partial charge in [-0.3, -0.25) is 0 Å². The van der Waals surface area contributed by atoms with Gasteiger partial charge in [0.15, 0.2) is 0 Å². The van der Waals surface area contributed by atoms with E-state index in [9.17, 15) is 8.42 Å². The molecule has 21 heavy (non-hydrogen) atoms. The SMILES string of the molecule is CCCNc1ccccc1S(=O)(=O)NCC1CCCCO1. The molecule has 0 amide bonds. The normalized spacial score (nSPS) is 19.4. The Bertz CT molecular complexity index is 540. The van der Waals surface area contributed by atoms with E-state index in [-0.39, 0.29) is 6.10 Å². The quantitative estimate of drug-likeness (QED) is 0.811. The molecule has 0 bridgehead atoms. The highest BCUT2D eigenvalue weighted by molar-refractivity contribution is 7.89. The van der Waals surface area contributed by atoms with Gasteiger partial charge in [-0.15, -0.1) is 0 Å². The van der Waals surface area contributed by atoms with Gasteiger partial charge in [0.25, 0.3) is 0 Å². The average molecular weight is 312 g/mol. The van der Waals surface area contributed by atoms with E-state index >= 15 is 0 Å². The molecular weight excluding hydrogens is 288 g/mol. The van der Waals surface area contributed by atoms with Crippen LogP contribution >= 0.6 is 0 Å². The minimum Gasteiger partial charge on any atom is -0.384 e. The van der Waals surface area contributed by atoms with Crippen LogP contribution in [0.15, 0.2) is 29.2 Å². The lowest BCUT2D eigenvalue weighted by atomic mass is 10.1. The van der Waals surface area contributed by atoms with Crippen molar-refractivity contribution in [3.05, 3.63) is 24.3 Å². The molecular formula is C15H24N2O3S. The maximum atomic E-state index is 12.5. The second kappa shape index (κ2) is 7.77. The number of ether oxygens (including phenoxy) is 1. The minimum atomic E-state index is -3.51. The Labute approximate surface area is 127 Å². The van der Waals surface area contributed by atoms with Crippen molar-refractivity contribution >= 4 is 15.7 Å². The molecule has 6 heteroatoms. The molecule has 1 unspecified atom stereocenters. The summed E-state index contributed by atoms with van der Waals surface area (Å²) in [5, 5.41) is 3.16. The number of benzene rings is 1. The average Bonchev–Trinajstić information content (AvgIpc) is 2.52. The zero-order chi connectivity index (χ0) is 15.1. The van der Waals surface area contributed by atoms with Gasteiger partial charge in [-0.05, 0) is 37.8 Å². The predicted octanol–water partition coefficient (Wildman–Crippen LogP) is 2.36. The van der Waals surface area contributed by atoms with Crippen molar-refractivity contribution < 1.29 is 13.2 Å². The molecule has 0 spiro atoms. The molecule has 0 saturated carbocycles. The lowest BCUT2D eigenvalue weighted by Gasteiger charge is -2.23. The zero-order valence-corrected chi connectivity index (χ0v) is 13.3. The minimum absolute atomic E-state index is 0.00992. The first-order valence-corrected chi connectivity index (χ1v) is 9.06. The largest absolute Gasteiger partial charge is 0.384 e. The molecule has 0 radical (unpaired) electrons. The maximum absolute atomic E-state index is 12.5. The number of para-hydroxylation sites is 1. The summed E-state index contributed by atoms with van der Waals surface area (Å²) in [4.78, 5) is 0.300. The number of anilines is 1. The van der Waals surface area contributed by atoms with Crippen LogP contribution in [-0.4, -0.2) is 34.2 Å². The molecule has 118 valence electrons.